The summed E-state index contributed by atoms with van der Waals surface area (Å²) in [5.74, 6) is 0.0273. The molecule has 2 aromatic rings. The van der Waals surface area contributed by atoms with E-state index in [2.05, 4.69) is 15.2 Å². The number of piperidine rings is 1. The van der Waals surface area contributed by atoms with E-state index in [4.69, 9.17) is 11.6 Å². The number of halogens is 1. The van der Waals surface area contributed by atoms with Crippen LogP contribution in [0.4, 0.5) is 5.69 Å². The monoisotopic (exact) mass is 421 g/mol. The number of carbonyl (C=O) groups is 1. The zero-order valence-electron chi connectivity index (χ0n) is 16.0. The van der Waals surface area contributed by atoms with Gasteiger partial charge in [0.15, 0.2) is 9.84 Å². The van der Waals surface area contributed by atoms with Crippen LogP contribution in [0.3, 0.4) is 0 Å². The molecule has 1 N–H and O–H groups in total. The number of sulfone groups is 1. The minimum atomic E-state index is -3.37. The van der Waals surface area contributed by atoms with Gasteiger partial charge in [-0.25, -0.2) is 8.42 Å². The van der Waals surface area contributed by atoms with Crippen LogP contribution < -0.4 is 5.32 Å². The number of carbonyl (C=O) groups excluding carboxylic acids is 1. The minimum Gasteiger partial charge on any atom is -0.326 e. The normalized spacial score (nSPS) is 16.1. The van der Waals surface area contributed by atoms with Crippen LogP contribution in [0.25, 0.3) is 0 Å². The molecule has 0 spiro atoms. The minimum absolute atomic E-state index is 0.0842. The van der Waals surface area contributed by atoms with Crippen molar-refractivity contribution in [3.8, 4) is 0 Å². The number of amides is 1. The summed E-state index contributed by atoms with van der Waals surface area (Å²) in [6.07, 6.45) is 4.42. The van der Waals surface area contributed by atoms with Gasteiger partial charge < -0.3 is 5.32 Å². The molecule has 8 heteroatoms. The van der Waals surface area contributed by atoms with E-state index in [0.29, 0.717) is 10.7 Å². The van der Waals surface area contributed by atoms with Gasteiger partial charge in [-0.3, -0.25) is 14.7 Å². The summed E-state index contributed by atoms with van der Waals surface area (Å²) in [5, 5.41) is 3.10. The van der Waals surface area contributed by atoms with E-state index in [1.165, 1.54) is 31.0 Å². The molecule has 0 saturated carbocycles. The van der Waals surface area contributed by atoms with Crippen LogP contribution >= 0.6 is 11.6 Å². The van der Waals surface area contributed by atoms with Crippen molar-refractivity contribution in [3.05, 3.63) is 52.8 Å². The van der Waals surface area contributed by atoms with Crippen molar-refractivity contribution in [2.24, 2.45) is 0 Å². The van der Waals surface area contributed by atoms with Crippen LogP contribution in [0.15, 0.2) is 41.4 Å². The quantitative estimate of drug-likeness (QED) is 0.799. The summed E-state index contributed by atoms with van der Waals surface area (Å²) >= 11 is 5.96. The van der Waals surface area contributed by atoms with E-state index in [1.54, 1.807) is 0 Å². The summed E-state index contributed by atoms with van der Waals surface area (Å²) < 4.78 is 24.2. The number of likely N-dealkylation sites (tertiary alicyclic amines) is 1. The first kappa shape index (κ1) is 20.8. The fraction of sp³-hybridized carbons (Fsp3) is 0.400. The zero-order valence-corrected chi connectivity index (χ0v) is 17.6. The highest BCUT2D eigenvalue weighted by Gasteiger charge is 2.27. The fourth-order valence-electron chi connectivity index (χ4n) is 3.55. The highest BCUT2D eigenvalue weighted by atomic mass is 35.5. The lowest BCUT2D eigenvalue weighted by molar-refractivity contribution is -0.114. The molecule has 0 radical (unpaired) electrons. The summed E-state index contributed by atoms with van der Waals surface area (Å²) in [4.78, 5) is 18.0. The third kappa shape index (κ3) is 5.31. The van der Waals surface area contributed by atoms with E-state index >= 15 is 0 Å². The number of benzene rings is 1. The number of hydrogen-bond acceptors (Lipinski definition) is 5. The Hall–Kier alpha value is -1.96. The average Bonchev–Trinajstić information content (AvgIpc) is 2.63. The van der Waals surface area contributed by atoms with Crippen LogP contribution in [0, 0.1) is 0 Å². The van der Waals surface area contributed by atoms with E-state index in [1.807, 2.05) is 24.3 Å². The number of anilines is 1. The van der Waals surface area contributed by atoms with Gasteiger partial charge in [-0.1, -0.05) is 23.7 Å². The standard InChI is InChI=1S/C20H24ClN3O3S/c1-14(25)23-18-5-3-15(4-6-18)13-24-9-7-16(8-10-24)20-19(28(2,26)27)11-17(21)12-22-20/h3-6,11-12,16H,7-10,13H2,1-2H3,(H,23,25). The lowest BCUT2D eigenvalue weighted by Gasteiger charge is -2.32. The summed E-state index contributed by atoms with van der Waals surface area (Å²) in [7, 11) is -3.37. The number of nitrogens with one attached hydrogen (secondary N) is 1. The van der Waals surface area contributed by atoms with Crippen LogP contribution in [0.5, 0.6) is 0 Å². The van der Waals surface area contributed by atoms with Gasteiger partial charge in [-0.15, -0.1) is 0 Å². The number of rotatable bonds is 5. The van der Waals surface area contributed by atoms with Crippen molar-refractivity contribution in [2.75, 3.05) is 24.7 Å². The van der Waals surface area contributed by atoms with E-state index < -0.39 is 9.84 Å². The predicted molar refractivity (Wildman–Crippen MR) is 110 cm³/mol. The SMILES string of the molecule is CC(=O)Nc1ccc(CN2CCC(c3ncc(Cl)cc3S(C)(=O)=O)CC2)cc1. The molecule has 1 aromatic heterocycles. The number of aromatic nitrogens is 1. The first-order valence-corrected chi connectivity index (χ1v) is 11.4. The Kier molecular flexibility index (Phi) is 6.37. The molecule has 3 rings (SSSR count). The number of pyridine rings is 1. The second kappa shape index (κ2) is 8.59. The predicted octanol–water partition coefficient (Wildman–Crippen LogP) is 3.48. The molecule has 1 saturated heterocycles. The maximum absolute atomic E-state index is 12.1. The maximum atomic E-state index is 12.1. The molecule has 6 nitrogen and oxygen atoms in total. The van der Waals surface area contributed by atoms with Crippen molar-refractivity contribution < 1.29 is 13.2 Å². The Morgan fingerprint density at radius 1 is 1.25 bits per heavy atom. The molecule has 1 amide bonds. The Labute approximate surface area is 170 Å². The van der Waals surface area contributed by atoms with Crippen LogP contribution in [0.2, 0.25) is 5.02 Å². The molecule has 0 bridgehead atoms. The van der Waals surface area contributed by atoms with Crippen LogP contribution in [-0.2, 0) is 21.2 Å². The first-order valence-electron chi connectivity index (χ1n) is 9.17. The molecule has 0 unspecified atom stereocenters. The summed E-state index contributed by atoms with van der Waals surface area (Å²) in [6, 6.07) is 9.33. The Morgan fingerprint density at radius 3 is 2.46 bits per heavy atom. The molecule has 28 heavy (non-hydrogen) atoms. The molecule has 1 aromatic carbocycles. The fourth-order valence-corrected chi connectivity index (χ4v) is 4.72. The molecule has 1 aliphatic rings. The Bertz CT molecular complexity index is 953. The largest absolute Gasteiger partial charge is 0.326 e. The van der Waals surface area contributed by atoms with Crippen LogP contribution in [-0.4, -0.2) is 43.6 Å². The van der Waals surface area contributed by atoms with Crippen molar-refractivity contribution in [2.45, 2.75) is 37.1 Å². The summed E-state index contributed by atoms with van der Waals surface area (Å²) in [6.45, 7) is 4.04. The number of nitrogens with zero attached hydrogens (tertiary/aromatic N) is 2. The third-order valence-corrected chi connectivity index (χ3v) is 6.24. The lowest BCUT2D eigenvalue weighted by Crippen LogP contribution is -2.33. The van der Waals surface area contributed by atoms with Crippen LogP contribution in [0.1, 0.15) is 36.9 Å². The molecule has 1 fully saturated rings. The van der Waals surface area contributed by atoms with Gasteiger partial charge in [-0.05, 0) is 49.7 Å². The van der Waals surface area contributed by atoms with Crippen molar-refractivity contribution in [1.82, 2.24) is 9.88 Å². The van der Waals surface area contributed by atoms with Crippen molar-refractivity contribution >= 4 is 33.0 Å². The maximum Gasteiger partial charge on any atom is 0.221 e. The third-order valence-electron chi connectivity index (χ3n) is 4.90. The Balaban J connectivity index is 1.63. The molecular formula is C20H24ClN3O3S. The summed E-state index contributed by atoms with van der Waals surface area (Å²) in [5.41, 5.74) is 2.59. The van der Waals surface area contributed by atoms with Crippen molar-refractivity contribution in [1.29, 1.82) is 0 Å². The topological polar surface area (TPSA) is 79.4 Å². The van der Waals surface area contributed by atoms with Gasteiger partial charge in [-0.2, -0.15) is 0 Å². The van der Waals surface area contributed by atoms with Gasteiger partial charge in [0.05, 0.1) is 15.6 Å². The van der Waals surface area contributed by atoms with Gasteiger partial charge in [0.1, 0.15) is 0 Å². The zero-order chi connectivity index (χ0) is 20.3. The van der Waals surface area contributed by atoms with E-state index in [-0.39, 0.29) is 16.7 Å². The van der Waals surface area contributed by atoms with Crippen molar-refractivity contribution in [3.63, 3.8) is 0 Å². The second-order valence-corrected chi connectivity index (χ2v) is 9.66. The average molecular weight is 422 g/mol. The number of hydrogen-bond donors (Lipinski definition) is 1. The van der Waals surface area contributed by atoms with Gasteiger partial charge in [0.2, 0.25) is 5.91 Å². The second-order valence-electron chi connectivity index (χ2n) is 7.24. The lowest BCUT2D eigenvalue weighted by atomic mass is 9.92. The molecule has 2 heterocycles. The molecule has 150 valence electrons. The Morgan fingerprint density at radius 2 is 1.89 bits per heavy atom. The first-order chi connectivity index (χ1) is 13.2. The van der Waals surface area contributed by atoms with Gasteiger partial charge >= 0.3 is 0 Å². The molecule has 1 aliphatic heterocycles. The van der Waals surface area contributed by atoms with E-state index in [9.17, 15) is 13.2 Å². The highest BCUT2D eigenvalue weighted by molar-refractivity contribution is 7.90. The molecule has 0 atom stereocenters. The van der Waals surface area contributed by atoms with Gasteiger partial charge in [0.25, 0.3) is 0 Å². The molecule has 0 aliphatic carbocycles. The van der Waals surface area contributed by atoms with Gasteiger partial charge in [0, 0.05) is 37.5 Å². The highest BCUT2D eigenvalue weighted by Crippen LogP contribution is 2.32. The van der Waals surface area contributed by atoms with E-state index in [0.717, 1.165) is 38.2 Å². The smallest absolute Gasteiger partial charge is 0.221 e. The molecular weight excluding hydrogens is 398 g/mol.